The van der Waals surface area contributed by atoms with Gasteiger partial charge in [-0.1, -0.05) is 23.4 Å². The number of ether oxygens (including phenoxy) is 6. The van der Waals surface area contributed by atoms with Crippen LogP contribution in [0.15, 0.2) is 30.3 Å². The monoisotopic (exact) mass is 631 g/mol. The van der Waals surface area contributed by atoms with Crippen molar-refractivity contribution in [3.8, 4) is 5.69 Å². The van der Waals surface area contributed by atoms with E-state index in [9.17, 15) is 19.2 Å². The van der Waals surface area contributed by atoms with Crippen LogP contribution in [0, 0.1) is 3.70 Å². The third-order valence-electron chi connectivity index (χ3n) is 5.01. The quantitative estimate of drug-likeness (QED) is 0.224. The van der Waals surface area contributed by atoms with E-state index in [0.717, 1.165) is 26.5 Å². The molecule has 1 saturated heterocycles. The summed E-state index contributed by atoms with van der Waals surface area (Å²) >= 11 is 2.07. The molecule has 2 heterocycles. The Morgan fingerprint density at radius 2 is 1.49 bits per heavy atom. The maximum Gasteiger partial charge on any atom is 0.303 e. The molecule has 14 heteroatoms. The maximum atomic E-state index is 11.9. The number of esters is 4. The number of carbonyl (C=O) groups excluding carboxylic acids is 4. The molecule has 0 saturated carbocycles. The topological polar surface area (TPSA) is 154 Å². The molecule has 13 nitrogen and oxygen atoms in total. The Bertz CT molecular complexity index is 1130. The summed E-state index contributed by atoms with van der Waals surface area (Å²) in [7, 11) is 0. The minimum atomic E-state index is -1.32. The van der Waals surface area contributed by atoms with Crippen molar-refractivity contribution >= 4 is 46.5 Å². The van der Waals surface area contributed by atoms with Crippen molar-refractivity contribution in [2.75, 3.05) is 6.61 Å². The van der Waals surface area contributed by atoms with Crippen LogP contribution in [-0.2, 0) is 54.2 Å². The molecule has 37 heavy (non-hydrogen) atoms. The van der Waals surface area contributed by atoms with Crippen LogP contribution in [0.5, 0.6) is 0 Å². The number of halogens is 1. The smallest absolute Gasteiger partial charge is 0.303 e. The molecule has 0 spiro atoms. The summed E-state index contributed by atoms with van der Waals surface area (Å²) in [5.41, 5.74) is 1.25. The third kappa shape index (κ3) is 7.69. The van der Waals surface area contributed by atoms with Gasteiger partial charge in [0.05, 0.1) is 12.3 Å². The zero-order valence-electron chi connectivity index (χ0n) is 20.5. The number of hydrogen-bond acceptors (Lipinski definition) is 12. The van der Waals surface area contributed by atoms with Crippen LogP contribution in [0.3, 0.4) is 0 Å². The molecule has 5 atom stereocenters. The zero-order valence-corrected chi connectivity index (χ0v) is 22.6. The van der Waals surface area contributed by atoms with Gasteiger partial charge < -0.3 is 28.4 Å². The molecule has 0 amide bonds. The summed E-state index contributed by atoms with van der Waals surface area (Å²) in [5, 5.41) is 8.30. The summed E-state index contributed by atoms with van der Waals surface area (Å²) in [4.78, 5) is 47.1. The standard InChI is InChI=1S/C23H26IN3O10/c1-12(28)32-11-18-19(34-13(2)29)20(35-14(3)30)21(36-15(4)31)23(37-18)33-10-17-22(24)27(26-25-17)16-8-6-5-7-9-16/h5-9,18-21,23H,10-11H2,1-4H3/t18-,19+,20+,21-,23?/m0/s1. The summed E-state index contributed by atoms with van der Waals surface area (Å²) < 4.78 is 35.3. The first-order valence-corrected chi connectivity index (χ1v) is 12.2. The number of nitrogens with zero attached hydrogens (tertiary/aromatic N) is 3. The second-order valence-corrected chi connectivity index (χ2v) is 8.97. The van der Waals surface area contributed by atoms with Crippen LogP contribution in [0.4, 0.5) is 0 Å². The number of hydrogen-bond donors (Lipinski definition) is 0. The van der Waals surface area contributed by atoms with Crippen LogP contribution >= 0.6 is 22.6 Å². The van der Waals surface area contributed by atoms with E-state index in [1.54, 1.807) is 4.68 Å². The van der Waals surface area contributed by atoms with Gasteiger partial charge in [-0.25, -0.2) is 4.68 Å². The number of aromatic nitrogens is 3. The Hall–Kier alpha value is -3.11. The van der Waals surface area contributed by atoms with Gasteiger partial charge in [-0.15, -0.1) is 5.10 Å². The van der Waals surface area contributed by atoms with Gasteiger partial charge in [0.2, 0.25) is 0 Å². The molecule has 1 fully saturated rings. The number of rotatable bonds is 9. The Morgan fingerprint density at radius 1 is 0.892 bits per heavy atom. The molecule has 1 aliphatic rings. The predicted octanol–water partition coefficient (Wildman–Crippen LogP) is 1.47. The molecule has 2 aromatic rings. The molecular formula is C23H26IN3O10. The van der Waals surface area contributed by atoms with Gasteiger partial charge in [0, 0.05) is 27.7 Å². The number of benzene rings is 1. The highest BCUT2D eigenvalue weighted by atomic mass is 127. The normalized spacial score (nSPS) is 23.1. The van der Waals surface area contributed by atoms with Gasteiger partial charge in [-0.05, 0) is 34.7 Å². The molecule has 1 unspecified atom stereocenters. The number of para-hydroxylation sites is 1. The fraction of sp³-hybridized carbons (Fsp3) is 0.478. The third-order valence-corrected chi connectivity index (χ3v) is 6.09. The Balaban J connectivity index is 1.89. The highest BCUT2D eigenvalue weighted by Crippen LogP contribution is 2.30. The lowest BCUT2D eigenvalue weighted by molar-refractivity contribution is -0.310. The molecule has 3 rings (SSSR count). The SMILES string of the molecule is CC(=O)OC[C@@H]1OC(OCc2nnn(-c3ccccc3)c2I)[C@@H](OC(C)=O)[C@H](OC(C)=O)[C@@H]1OC(C)=O. The first kappa shape index (κ1) is 28.5. The molecule has 200 valence electrons. The van der Waals surface area contributed by atoms with Crippen LogP contribution in [0.2, 0.25) is 0 Å². The molecule has 1 aliphatic heterocycles. The van der Waals surface area contributed by atoms with Crippen molar-refractivity contribution in [3.05, 3.63) is 39.7 Å². The van der Waals surface area contributed by atoms with Gasteiger partial charge in [-0.2, -0.15) is 0 Å². The van der Waals surface area contributed by atoms with Gasteiger partial charge in [0.1, 0.15) is 22.1 Å². The lowest BCUT2D eigenvalue weighted by atomic mass is 9.98. The van der Waals surface area contributed by atoms with Crippen molar-refractivity contribution in [1.29, 1.82) is 0 Å². The highest BCUT2D eigenvalue weighted by molar-refractivity contribution is 14.1. The first-order chi connectivity index (χ1) is 17.6. The van der Waals surface area contributed by atoms with Crippen molar-refractivity contribution in [1.82, 2.24) is 15.0 Å². The van der Waals surface area contributed by atoms with Crippen molar-refractivity contribution in [2.24, 2.45) is 0 Å². The van der Waals surface area contributed by atoms with E-state index in [0.29, 0.717) is 9.39 Å². The molecule has 0 aliphatic carbocycles. The molecule has 1 aromatic carbocycles. The van der Waals surface area contributed by atoms with Gasteiger partial charge in [0.15, 0.2) is 24.6 Å². The van der Waals surface area contributed by atoms with Crippen LogP contribution in [0.1, 0.15) is 33.4 Å². The van der Waals surface area contributed by atoms with E-state index in [2.05, 4.69) is 32.9 Å². The van der Waals surface area contributed by atoms with E-state index < -0.39 is 54.6 Å². The fourth-order valence-corrected chi connectivity index (χ4v) is 4.25. The summed E-state index contributed by atoms with van der Waals surface area (Å²) in [6.07, 6.45) is -6.31. The second kappa shape index (κ2) is 12.9. The van der Waals surface area contributed by atoms with Crippen LogP contribution < -0.4 is 0 Å². The Kier molecular flexibility index (Phi) is 9.93. The Labute approximate surface area is 225 Å². The Morgan fingerprint density at radius 3 is 2.08 bits per heavy atom. The van der Waals surface area contributed by atoms with Crippen LogP contribution in [-0.4, -0.2) is 76.2 Å². The second-order valence-electron chi connectivity index (χ2n) is 7.95. The molecular weight excluding hydrogens is 605 g/mol. The van der Waals surface area contributed by atoms with Crippen molar-refractivity contribution < 1.29 is 47.6 Å². The minimum absolute atomic E-state index is 0.126. The van der Waals surface area contributed by atoms with Crippen molar-refractivity contribution in [2.45, 2.75) is 65.0 Å². The first-order valence-electron chi connectivity index (χ1n) is 11.1. The molecule has 0 N–H and O–H groups in total. The molecule has 1 aromatic heterocycles. The lowest BCUT2D eigenvalue weighted by Crippen LogP contribution is -2.62. The van der Waals surface area contributed by atoms with E-state index in [1.807, 2.05) is 30.3 Å². The molecule has 0 bridgehead atoms. The van der Waals surface area contributed by atoms with E-state index >= 15 is 0 Å². The van der Waals surface area contributed by atoms with Crippen molar-refractivity contribution in [3.63, 3.8) is 0 Å². The van der Waals surface area contributed by atoms with E-state index in [4.69, 9.17) is 28.4 Å². The average molecular weight is 631 g/mol. The average Bonchev–Trinajstić information content (AvgIpc) is 3.19. The lowest BCUT2D eigenvalue weighted by Gasteiger charge is -2.43. The molecule has 0 radical (unpaired) electrons. The summed E-state index contributed by atoms with van der Waals surface area (Å²) in [5.74, 6) is -2.78. The predicted molar refractivity (Wildman–Crippen MR) is 131 cm³/mol. The summed E-state index contributed by atoms with van der Waals surface area (Å²) in [6, 6.07) is 9.32. The number of carbonyl (C=O) groups is 4. The largest absolute Gasteiger partial charge is 0.463 e. The minimum Gasteiger partial charge on any atom is -0.463 e. The van der Waals surface area contributed by atoms with Gasteiger partial charge >= 0.3 is 23.9 Å². The zero-order chi connectivity index (χ0) is 27.1. The summed E-state index contributed by atoms with van der Waals surface area (Å²) in [6.45, 7) is 4.17. The maximum absolute atomic E-state index is 11.9. The highest BCUT2D eigenvalue weighted by Gasteiger charge is 2.52. The van der Waals surface area contributed by atoms with Gasteiger partial charge in [0.25, 0.3) is 0 Å². The van der Waals surface area contributed by atoms with Gasteiger partial charge in [-0.3, -0.25) is 19.2 Å². The fourth-order valence-electron chi connectivity index (χ4n) is 3.61. The van der Waals surface area contributed by atoms with E-state index in [1.165, 1.54) is 6.92 Å². The van der Waals surface area contributed by atoms with Crippen LogP contribution in [0.25, 0.3) is 5.69 Å². The van der Waals surface area contributed by atoms with E-state index in [-0.39, 0.29) is 13.2 Å².